The van der Waals surface area contributed by atoms with Gasteiger partial charge in [-0.3, -0.25) is 4.79 Å². The molecule has 1 amide bonds. The van der Waals surface area contributed by atoms with Gasteiger partial charge in [-0.1, -0.05) is 26.0 Å². The Kier molecular flexibility index (Phi) is 5.78. The third-order valence-electron chi connectivity index (χ3n) is 2.91. The first-order valence-corrected chi connectivity index (χ1v) is 6.26. The van der Waals surface area contributed by atoms with Gasteiger partial charge < -0.3 is 11.1 Å². The number of nitrogens with one attached hydrogen (secondary N) is 1. The largest absolute Gasteiger partial charge is 0.353 e. The number of nitrogens with two attached hydrogens (primary N) is 1. The molecule has 0 aromatic heterocycles. The molecular weight excluding hydrogens is 231 g/mol. The van der Waals surface area contributed by atoms with E-state index in [1.54, 1.807) is 12.1 Å². The molecule has 1 unspecified atom stereocenters. The SMILES string of the molecule is CC(C)C(CCN)NC(=O)Cc1ccc(F)cc1. The lowest BCUT2D eigenvalue weighted by Crippen LogP contribution is -2.40. The molecule has 0 spiro atoms. The molecule has 0 fully saturated rings. The zero-order valence-electron chi connectivity index (χ0n) is 10.9. The van der Waals surface area contributed by atoms with Gasteiger partial charge in [0.2, 0.25) is 5.91 Å². The lowest BCUT2D eigenvalue weighted by atomic mass is 10.0. The minimum atomic E-state index is -0.289. The maximum Gasteiger partial charge on any atom is 0.224 e. The zero-order valence-corrected chi connectivity index (χ0v) is 10.9. The van der Waals surface area contributed by atoms with Gasteiger partial charge in [-0.25, -0.2) is 4.39 Å². The quantitative estimate of drug-likeness (QED) is 0.812. The summed E-state index contributed by atoms with van der Waals surface area (Å²) in [5, 5.41) is 2.97. The summed E-state index contributed by atoms with van der Waals surface area (Å²) in [7, 11) is 0. The van der Waals surface area contributed by atoms with E-state index in [0.29, 0.717) is 12.5 Å². The van der Waals surface area contributed by atoms with Crippen molar-refractivity contribution in [1.82, 2.24) is 5.32 Å². The number of hydrogen-bond donors (Lipinski definition) is 2. The number of amides is 1. The van der Waals surface area contributed by atoms with Crippen LogP contribution >= 0.6 is 0 Å². The fourth-order valence-corrected chi connectivity index (χ4v) is 1.80. The van der Waals surface area contributed by atoms with Crippen LogP contribution in [-0.4, -0.2) is 18.5 Å². The molecule has 100 valence electrons. The van der Waals surface area contributed by atoms with Crippen LogP contribution in [0.3, 0.4) is 0 Å². The van der Waals surface area contributed by atoms with Crippen molar-refractivity contribution in [2.75, 3.05) is 6.54 Å². The van der Waals surface area contributed by atoms with Gasteiger partial charge >= 0.3 is 0 Å². The Hall–Kier alpha value is -1.42. The molecule has 0 radical (unpaired) electrons. The molecule has 0 aliphatic rings. The molecule has 1 aromatic carbocycles. The molecule has 0 saturated heterocycles. The molecule has 1 rings (SSSR count). The monoisotopic (exact) mass is 252 g/mol. The second-order valence-corrected chi connectivity index (χ2v) is 4.80. The fourth-order valence-electron chi connectivity index (χ4n) is 1.80. The Balaban J connectivity index is 2.52. The van der Waals surface area contributed by atoms with E-state index in [-0.39, 0.29) is 24.2 Å². The number of rotatable bonds is 6. The summed E-state index contributed by atoms with van der Waals surface area (Å²) >= 11 is 0. The molecule has 0 aliphatic carbocycles. The fraction of sp³-hybridized carbons (Fsp3) is 0.500. The van der Waals surface area contributed by atoms with Crippen LogP contribution < -0.4 is 11.1 Å². The maximum absolute atomic E-state index is 12.7. The van der Waals surface area contributed by atoms with Crippen molar-refractivity contribution in [1.29, 1.82) is 0 Å². The second-order valence-electron chi connectivity index (χ2n) is 4.80. The first kappa shape index (κ1) is 14.6. The van der Waals surface area contributed by atoms with Crippen LogP contribution in [0.1, 0.15) is 25.8 Å². The van der Waals surface area contributed by atoms with Gasteiger partial charge in [0.25, 0.3) is 0 Å². The summed E-state index contributed by atoms with van der Waals surface area (Å²) < 4.78 is 12.7. The number of hydrogen-bond acceptors (Lipinski definition) is 2. The molecule has 1 aromatic rings. The first-order chi connectivity index (χ1) is 8.52. The zero-order chi connectivity index (χ0) is 13.5. The highest BCUT2D eigenvalue weighted by molar-refractivity contribution is 5.78. The summed E-state index contributed by atoms with van der Waals surface area (Å²) in [6.07, 6.45) is 1.04. The Morgan fingerprint density at radius 1 is 1.33 bits per heavy atom. The molecule has 0 saturated carbocycles. The second kappa shape index (κ2) is 7.11. The van der Waals surface area contributed by atoms with Gasteiger partial charge in [-0.05, 0) is 36.6 Å². The van der Waals surface area contributed by atoms with Gasteiger partial charge in [0.1, 0.15) is 5.82 Å². The lowest BCUT2D eigenvalue weighted by Gasteiger charge is -2.21. The van der Waals surface area contributed by atoms with Gasteiger partial charge in [-0.2, -0.15) is 0 Å². The summed E-state index contributed by atoms with van der Waals surface area (Å²) in [6.45, 7) is 4.66. The van der Waals surface area contributed by atoms with E-state index < -0.39 is 0 Å². The van der Waals surface area contributed by atoms with E-state index >= 15 is 0 Å². The minimum absolute atomic E-state index is 0.0474. The van der Waals surface area contributed by atoms with E-state index in [4.69, 9.17) is 5.73 Å². The molecule has 1 atom stereocenters. The molecule has 3 nitrogen and oxygen atoms in total. The van der Waals surface area contributed by atoms with Crippen LogP contribution in [0.2, 0.25) is 0 Å². The Morgan fingerprint density at radius 2 is 1.94 bits per heavy atom. The Morgan fingerprint density at radius 3 is 2.44 bits per heavy atom. The highest BCUT2D eigenvalue weighted by atomic mass is 19.1. The van der Waals surface area contributed by atoms with Gasteiger partial charge in [0.05, 0.1) is 6.42 Å². The van der Waals surface area contributed by atoms with Crippen LogP contribution in [0.15, 0.2) is 24.3 Å². The van der Waals surface area contributed by atoms with Crippen molar-refractivity contribution in [3.05, 3.63) is 35.6 Å². The average molecular weight is 252 g/mol. The van der Waals surface area contributed by atoms with Gasteiger partial charge in [0.15, 0.2) is 0 Å². The highest BCUT2D eigenvalue weighted by Gasteiger charge is 2.15. The van der Waals surface area contributed by atoms with Crippen LogP contribution in [-0.2, 0) is 11.2 Å². The maximum atomic E-state index is 12.7. The minimum Gasteiger partial charge on any atom is -0.353 e. The van der Waals surface area contributed by atoms with Crippen LogP contribution in [0.25, 0.3) is 0 Å². The van der Waals surface area contributed by atoms with Crippen molar-refractivity contribution in [2.24, 2.45) is 11.7 Å². The van der Waals surface area contributed by atoms with Crippen molar-refractivity contribution < 1.29 is 9.18 Å². The summed E-state index contributed by atoms with van der Waals surface area (Å²) in [5.74, 6) is 0.0156. The van der Waals surface area contributed by atoms with Crippen LogP contribution in [0, 0.1) is 11.7 Å². The smallest absolute Gasteiger partial charge is 0.224 e. The van der Waals surface area contributed by atoms with E-state index in [9.17, 15) is 9.18 Å². The van der Waals surface area contributed by atoms with E-state index in [1.807, 2.05) is 0 Å². The first-order valence-electron chi connectivity index (χ1n) is 6.26. The molecule has 0 bridgehead atoms. The number of halogens is 1. The standard InChI is InChI=1S/C14H21FN2O/c1-10(2)13(7-8-16)17-14(18)9-11-3-5-12(15)6-4-11/h3-6,10,13H,7-9,16H2,1-2H3,(H,17,18). The normalized spacial score (nSPS) is 12.5. The van der Waals surface area contributed by atoms with E-state index in [0.717, 1.165) is 12.0 Å². The Bertz CT molecular complexity index is 376. The topological polar surface area (TPSA) is 55.1 Å². The molecule has 0 heterocycles. The van der Waals surface area contributed by atoms with Crippen molar-refractivity contribution in [2.45, 2.75) is 32.7 Å². The third-order valence-corrected chi connectivity index (χ3v) is 2.91. The van der Waals surface area contributed by atoms with Crippen LogP contribution in [0.4, 0.5) is 4.39 Å². The average Bonchev–Trinajstić information content (AvgIpc) is 2.31. The molecule has 3 N–H and O–H groups in total. The van der Waals surface area contributed by atoms with Crippen molar-refractivity contribution in [3.8, 4) is 0 Å². The molecule has 4 heteroatoms. The predicted octanol–water partition coefficient (Wildman–Crippen LogP) is 1.86. The van der Waals surface area contributed by atoms with Crippen molar-refractivity contribution >= 4 is 5.91 Å². The summed E-state index contributed by atoms with van der Waals surface area (Å²) in [5.41, 5.74) is 6.33. The van der Waals surface area contributed by atoms with E-state index in [1.165, 1.54) is 12.1 Å². The van der Waals surface area contributed by atoms with Crippen molar-refractivity contribution in [3.63, 3.8) is 0 Å². The van der Waals surface area contributed by atoms with Crippen LogP contribution in [0.5, 0.6) is 0 Å². The Labute approximate surface area is 108 Å². The highest BCUT2D eigenvalue weighted by Crippen LogP contribution is 2.07. The van der Waals surface area contributed by atoms with Gasteiger partial charge in [0, 0.05) is 6.04 Å². The van der Waals surface area contributed by atoms with E-state index in [2.05, 4.69) is 19.2 Å². The molecule has 18 heavy (non-hydrogen) atoms. The summed E-state index contributed by atoms with van der Waals surface area (Å²) in [4.78, 5) is 11.8. The summed E-state index contributed by atoms with van der Waals surface area (Å²) in [6, 6.07) is 6.08. The number of benzene rings is 1. The lowest BCUT2D eigenvalue weighted by molar-refractivity contribution is -0.121. The molecule has 0 aliphatic heterocycles. The third kappa shape index (κ3) is 4.84. The number of carbonyl (C=O) groups is 1. The van der Waals surface area contributed by atoms with Gasteiger partial charge in [-0.15, -0.1) is 0 Å². The predicted molar refractivity (Wildman–Crippen MR) is 70.5 cm³/mol. The number of carbonyl (C=O) groups excluding carboxylic acids is 1. The molecular formula is C14H21FN2O.